The predicted octanol–water partition coefficient (Wildman–Crippen LogP) is 5.31. The number of carbonyl (C=O) groups excluding carboxylic acids is 1. The maximum Gasteiger partial charge on any atom is 0.350 e. The van der Waals surface area contributed by atoms with Crippen LogP contribution in [0.3, 0.4) is 0 Å². The molecule has 3 aromatic rings. The topological polar surface area (TPSA) is 65.2 Å². The number of carbonyl (C=O) groups is 1. The fourth-order valence-corrected chi connectivity index (χ4v) is 3.91. The summed E-state index contributed by atoms with van der Waals surface area (Å²) >= 11 is 4.86. The summed E-state index contributed by atoms with van der Waals surface area (Å²) in [6.07, 6.45) is 0. The Labute approximate surface area is 158 Å². The number of rotatable bonds is 4. The zero-order chi connectivity index (χ0) is 18.0. The molecule has 1 aromatic heterocycles. The molecule has 3 rings (SSSR count). The third-order valence-electron chi connectivity index (χ3n) is 3.72. The molecule has 0 fully saturated rings. The lowest BCUT2D eigenvalue weighted by molar-refractivity contribution is 0.0531. The molecule has 0 spiro atoms. The minimum absolute atomic E-state index is 0.332. The largest absolute Gasteiger partial charge is 0.462 e. The van der Waals surface area contributed by atoms with Gasteiger partial charge in [0.15, 0.2) is 0 Å². The van der Waals surface area contributed by atoms with E-state index in [1.54, 1.807) is 6.92 Å². The van der Waals surface area contributed by atoms with Gasteiger partial charge < -0.3 is 10.5 Å². The normalized spacial score (nSPS) is 10.7. The number of ether oxygens (including phenoxy) is 1. The molecule has 0 aliphatic heterocycles. The van der Waals surface area contributed by atoms with Crippen LogP contribution in [0.4, 0.5) is 5.69 Å². The summed E-state index contributed by atoms with van der Waals surface area (Å²) in [5, 5.41) is 0.762. The summed E-state index contributed by atoms with van der Waals surface area (Å²) in [7, 11) is 0. The highest BCUT2D eigenvalue weighted by molar-refractivity contribution is 9.10. The van der Waals surface area contributed by atoms with Gasteiger partial charge in [0.05, 0.1) is 18.0 Å². The standard InChI is InChI=1S/C19H17BrN2O2S/c1-3-24-19(23)17-11(2)22-18(25-17)13-9-14(16(21)15(20)10-13)12-7-5-4-6-8-12/h4-10H,3,21H2,1-2H3. The number of esters is 1. The molecule has 4 nitrogen and oxygen atoms in total. The zero-order valence-corrected chi connectivity index (χ0v) is 16.3. The van der Waals surface area contributed by atoms with Crippen molar-refractivity contribution in [3.05, 3.63) is 57.5 Å². The number of halogens is 1. The van der Waals surface area contributed by atoms with Crippen molar-refractivity contribution in [2.24, 2.45) is 0 Å². The van der Waals surface area contributed by atoms with E-state index in [9.17, 15) is 4.79 Å². The Hall–Kier alpha value is -2.18. The number of aromatic nitrogens is 1. The number of anilines is 1. The van der Waals surface area contributed by atoms with E-state index in [-0.39, 0.29) is 5.97 Å². The maximum absolute atomic E-state index is 12.0. The van der Waals surface area contributed by atoms with Crippen molar-refractivity contribution >= 4 is 38.9 Å². The summed E-state index contributed by atoms with van der Waals surface area (Å²) < 4.78 is 5.90. The molecule has 128 valence electrons. The molecule has 0 atom stereocenters. The maximum atomic E-state index is 12.0. The monoisotopic (exact) mass is 416 g/mol. The first-order valence-corrected chi connectivity index (χ1v) is 9.41. The van der Waals surface area contributed by atoms with Crippen molar-refractivity contribution in [2.75, 3.05) is 12.3 Å². The van der Waals surface area contributed by atoms with Crippen molar-refractivity contribution in [1.82, 2.24) is 4.98 Å². The van der Waals surface area contributed by atoms with Gasteiger partial charge in [-0.15, -0.1) is 11.3 Å². The minimum atomic E-state index is -0.332. The van der Waals surface area contributed by atoms with Crippen LogP contribution < -0.4 is 5.73 Å². The third-order valence-corrected chi connectivity index (χ3v) is 5.56. The number of benzene rings is 2. The molecule has 0 unspecified atom stereocenters. The van der Waals surface area contributed by atoms with Gasteiger partial charge in [-0.2, -0.15) is 0 Å². The van der Waals surface area contributed by atoms with Gasteiger partial charge in [-0.25, -0.2) is 9.78 Å². The van der Waals surface area contributed by atoms with Gasteiger partial charge in [0.25, 0.3) is 0 Å². The van der Waals surface area contributed by atoms with E-state index >= 15 is 0 Å². The minimum Gasteiger partial charge on any atom is -0.462 e. The van der Waals surface area contributed by atoms with E-state index < -0.39 is 0 Å². The number of hydrogen-bond donors (Lipinski definition) is 1. The lowest BCUT2D eigenvalue weighted by atomic mass is 10.0. The predicted molar refractivity (Wildman–Crippen MR) is 106 cm³/mol. The first-order chi connectivity index (χ1) is 12.0. The number of thiazole rings is 1. The molecule has 1 heterocycles. The molecule has 0 bridgehead atoms. The Bertz CT molecular complexity index is 923. The van der Waals surface area contributed by atoms with E-state index in [1.165, 1.54) is 11.3 Å². The van der Waals surface area contributed by atoms with Crippen molar-refractivity contribution in [3.8, 4) is 21.7 Å². The van der Waals surface area contributed by atoms with E-state index in [0.717, 1.165) is 26.2 Å². The fraction of sp³-hybridized carbons (Fsp3) is 0.158. The van der Waals surface area contributed by atoms with Crippen molar-refractivity contribution in [2.45, 2.75) is 13.8 Å². The van der Waals surface area contributed by atoms with E-state index in [0.29, 0.717) is 22.9 Å². The summed E-state index contributed by atoms with van der Waals surface area (Å²) in [5.41, 5.74) is 10.5. The summed E-state index contributed by atoms with van der Waals surface area (Å²) in [6, 6.07) is 13.9. The van der Waals surface area contributed by atoms with Crippen LogP contribution in [-0.4, -0.2) is 17.6 Å². The number of nitrogens with zero attached hydrogens (tertiary/aromatic N) is 1. The van der Waals surface area contributed by atoms with Gasteiger partial charge in [0, 0.05) is 15.6 Å². The van der Waals surface area contributed by atoms with E-state index in [2.05, 4.69) is 20.9 Å². The van der Waals surface area contributed by atoms with Crippen molar-refractivity contribution in [3.63, 3.8) is 0 Å². The molecule has 2 N–H and O–H groups in total. The summed E-state index contributed by atoms with van der Waals surface area (Å²) in [4.78, 5) is 17.1. The van der Waals surface area contributed by atoms with Gasteiger partial charge in [0.2, 0.25) is 0 Å². The molecular formula is C19H17BrN2O2S. The van der Waals surface area contributed by atoms with Crippen LogP contribution in [0.2, 0.25) is 0 Å². The van der Waals surface area contributed by atoms with Gasteiger partial charge in [-0.3, -0.25) is 0 Å². The number of aryl methyl sites for hydroxylation is 1. The molecule has 0 radical (unpaired) electrons. The quantitative estimate of drug-likeness (QED) is 0.462. The second-order valence-corrected chi connectivity index (χ2v) is 7.29. The van der Waals surface area contributed by atoms with Crippen LogP contribution in [0.15, 0.2) is 46.9 Å². The van der Waals surface area contributed by atoms with Crippen LogP contribution in [0, 0.1) is 6.92 Å². The van der Waals surface area contributed by atoms with Gasteiger partial charge >= 0.3 is 5.97 Å². The van der Waals surface area contributed by atoms with Crippen LogP contribution >= 0.6 is 27.3 Å². The summed E-state index contributed by atoms with van der Waals surface area (Å²) in [5.74, 6) is -0.332. The smallest absolute Gasteiger partial charge is 0.350 e. The highest BCUT2D eigenvalue weighted by Crippen LogP contribution is 2.38. The Morgan fingerprint density at radius 3 is 2.64 bits per heavy atom. The number of nitrogens with two attached hydrogens (primary N) is 1. The number of nitrogen functional groups attached to an aromatic ring is 1. The lowest BCUT2D eigenvalue weighted by Crippen LogP contribution is -2.03. The molecule has 0 saturated carbocycles. The third kappa shape index (κ3) is 3.60. The zero-order valence-electron chi connectivity index (χ0n) is 13.9. The molecule has 0 aliphatic carbocycles. The molecule has 0 aliphatic rings. The molecule has 2 aromatic carbocycles. The highest BCUT2D eigenvalue weighted by Gasteiger charge is 2.18. The van der Waals surface area contributed by atoms with Gasteiger partial charge in [0.1, 0.15) is 9.88 Å². The van der Waals surface area contributed by atoms with Crippen LogP contribution in [0.5, 0.6) is 0 Å². The molecule has 0 saturated heterocycles. The fourth-order valence-electron chi connectivity index (χ4n) is 2.50. The average Bonchev–Trinajstić information content (AvgIpc) is 3.00. The highest BCUT2D eigenvalue weighted by atomic mass is 79.9. The van der Waals surface area contributed by atoms with Crippen LogP contribution in [0.1, 0.15) is 22.3 Å². The molecule has 6 heteroatoms. The lowest BCUT2D eigenvalue weighted by Gasteiger charge is -2.10. The SMILES string of the molecule is CCOC(=O)c1sc(-c2cc(Br)c(N)c(-c3ccccc3)c2)nc1C. The van der Waals surface area contributed by atoms with Gasteiger partial charge in [-0.05, 0) is 47.5 Å². The Balaban J connectivity index is 2.09. The Morgan fingerprint density at radius 1 is 1.24 bits per heavy atom. The average molecular weight is 417 g/mol. The molecular weight excluding hydrogens is 400 g/mol. The molecule has 25 heavy (non-hydrogen) atoms. The Morgan fingerprint density at radius 2 is 1.96 bits per heavy atom. The summed E-state index contributed by atoms with van der Waals surface area (Å²) in [6.45, 7) is 3.95. The van der Waals surface area contributed by atoms with Crippen molar-refractivity contribution < 1.29 is 9.53 Å². The number of hydrogen-bond acceptors (Lipinski definition) is 5. The second kappa shape index (κ2) is 7.37. The first kappa shape index (κ1) is 17.6. The Kier molecular flexibility index (Phi) is 5.20. The van der Waals surface area contributed by atoms with Crippen LogP contribution in [-0.2, 0) is 4.74 Å². The van der Waals surface area contributed by atoms with E-state index in [4.69, 9.17) is 10.5 Å². The van der Waals surface area contributed by atoms with Crippen molar-refractivity contribution in [1.29, 1.82) is 0 Å². The van der Waals surface area contributed by atoms with E-state index in [1.807, 2.05) is 49.4 Å². The van der Waals surface area contributed by atoms with Gasteiger partial charge in [-0.1, -0.05) is 30.3 Å². The first-order valence-electron chi connectivity index (χ1n) is 7.80. The van der Waals surface area contributed by atoms with Crippen LogP contribution in [0.25, 0.3) is 21.7 Å². The molecule has 0 amide bonds. The second-order valence-electron chi connectivity index (χ2n) is 5.44.